The van der Waals surface area contributed by atoms with Gasteiger partial charge < -0.3 is 4.90 Å². The monoisotopic (exact) mass is 331 g/mol. The molecule has 0 saturated carbocycles. The van der Waals surface area contributed by atoms with Crippen molar-refractivity contribution in [2.75, 3.05) is 11.4 Å². The zero-order valence-electron chi connectivity index (χ0n) is 8.34. The number of carbonyl (C=O) groups is 1. The summed E-state index contributed by atoms with van der Waals surface area (Å²) in [5.41, 5.74) is 2.14. The lowest BCUT2D eigenvalue weighted by Gasteiger charge is -2.18. The van der Waals surface area contributed by atoms with Gasteiger partial charge in [-0.2, -0.15) is 0 Å². The van der Waals surface area contributed by atoms with Gasteiger partial charge in [0, 0.05) is 28.0 Å². The summed E-state index contributed by atoms with van der Waals surface area (Å²) in [4.78, 5) is 13.8. The van der Waals surface area contributed by atoms with Gasteiger partial charge in [-0.05, 0) is 30.7 Å². The summed E-state index contributed by atoms with van der Waals surface area (Å²) in [7, 11) is 0. The second kappa shape index (κ2) is 4.26. The van der Waals surface area contributed by atoms with Crippen molar-refractivity contribution in [2.24, 2.45) is 0 Å². The minimum atomic E-state index is 0.197. The Bertz CT molecular complexity index is 406. The van der Waals surface area contributed by atoms with Crippen LogP contribution in [0.25, 0.3) is 0 Å². The molecule has 15 heavy (non-hydrogen) atoms. The number of aryl methyl sites for hydroxylation is 1. The quantitative estimate of drug-likeness (QED) is 0.723. The molecule has 0 radical (unpaired) electrons. The van der Waals surface area contributed by atoms with E-state index in [-0.39, 0.29) is 10.7 Å². The predicted octanol–water partition coefficient (Wildman–Crippen LogP) is 3.26. The van der Waals surface area contributed by atoms with E-state index in [1.807, 2.05) is 30.0 Å². The molecule has 1 saturated heterocycles. The first-order valence-corrected chi connectivity index (χ1v) is 6.49. The van der Waals surface area contributed by atoms with Crippen LogP contribution in [0, 0.1) is 6.92 Å². The van der Waals surface area contributed by atoms with Crippen LogP contribution in [0.15, 0.2) is 22.7 Å². The molecular formula is C11H11Br2NO. The molecule has 0 bridgehead atoms. The summed E-state index contributed by atoms with van der Waals surface area (Å²) >= 11 is 6.90. The molecule has 1 atom stereocenters. The third-order valence-electron chi connectivity index (χ3n) is 2.53. The molecule has 1 fully saturated rings. The molecule has 0 aromatic heterocycles. The number of carbonyl (C=O) groups excluding carboxylic acids is 1. The summed E-state index contributed by atoms with van der Waals surface area (Å²) in [5.74, 6) is 0.197. The molecule has 1 aliphatic rings. The Morgan fingerprint density at radius 1 is 1.47 bits per heavy atom. The molecule has 0 N–H and O–H groups in total. The number of anilines is 1. The van der Waals surface area contributed by atoms with E-state index in [1.165, 1.54) is 0 Å². The van der Waals surface area contributed by atoms with Crippen molar-refractivity contribution in [3.63, 3.8) is 0 Å². The van der Waals surface area contributed by atoms with Crippen molar-refractivity contribution < 1.29 is 4.79 Å². The molecule has 1 unspecified atom stereocenters. The van der Waals surface area contributed by atoms with Crippen LogP contribution in [0.3, 0.4) is 0 Å². The van der Waals surface area contributed by atoms with Gasteiger partial charge in [-0.1, -0.05) is 31.9 Å². The van der Waals surface area contributed by atoms with Crippen LogP contribution >= 0.6 is 31.9 Å². The van der Waals surface area contributed by atoms with Gasteiger partial charge in [0.05, 0.1) is 0 Å². The van der Waals surface area contributed by atoms with Crippen LogP contribution in [0.2, 0.25) is 0 Å². The highest BCUT2D eigenvalue weighted by atomic mass is 79.9. The van der Waals surface area contributed by atoms with Crippen molar-refractivity contribution >= 4 is 43.5 Å². The second-order valence-corrected chi connectivity index (χ2v) is 5.95. The van der Waals surface area contributed by atoms with Gasteiger partial charge in [0.15, 0.2) is 0 Å². The van der Waals surface area contributed by atoms with Crippen molar-refractivity contribution in [1.82, 2.24) is 0 Å². The molecule has 0 aliphatic carbocycles. The first-order valence-electron chi connectivity index (χ1n) is 4.78. The SMILES string of the molecule is Cc1cc(Br)ccc1N1CC(Br)CC1=O. The molecular weight excluding hydrogens is 322 g/mol. The molecule has 0 spiro atoms. The van der Waals surface area contributed by atoms with Gasteiger partial charge in [0.1, 0.15) is 0 Å². The minimum Gasteiger partial charge on any atom is -0.311 e. The number of hydrogen-bond acceptors (Lipinski definition) is 1. The molecule has 1 heterocycles. The number of rotatable bonds is 1. The van der Waals surface area contributed by atoms with E-state index in [1.54, 1.807) is 0 Å². The third-order valence-corrected chi connectivity index (χ3v) is 3.63. The smallest absolute Gasteiger partial charge is 0.228 e. The second-order valence-electron chi connectivity index (χ2n) is 3.74. The maximum Gasteiger partial charge on any atom is 0.228 e. The summed E-state index contributed by atoms with van der Waals surface area (Å²) in [6.07, 6.45) is 0.593. The summed E-state index contributed by atoms with van der Waals surface area (Å²) in [6.45, 7) is 2.79. The fourth-order valence-electron chi connectivity index (χ4n) is 1.82. The van der Waals surface area contributed by atoms with E-state index in [9.17, 15) is 4.79 Å². The Morgan fingerprint density at radius 3 is 2.73 bits per heavy atom. The molecule has 80 valence electrons. The first-order chi connectivity index (χ1) is 7.08. The van der Waals surface area contributed by atoms with E-state index in [0.717, 1.165) is 22.3 Å². The van der Waals surface area contributed by atoms with Crippen molar-refractivity contribution in [3.05, 3.63) is 28.2 Å². The van der Waals surface area contributed by atoms with Crippen LogP contribution in [0.1, 0.15) is 12.0 Å². The van der Waals surface area contributed by atoms with E-state index in [0.29, 0.717) is 6.42 Å². The minimum absolute atomic E-state index is 0.197. The van der Waals surface area contributed by atoms with Crippen LogP contribution < -0.4 is 4.90 Å². The number of halogens is 2. The Labute approximate surface area is 106 Å². The van der Waals surface area contributed by atoms with Crippen LogP contribution in [0.5, 0.6) is 0 Å². The topological polar surface area (TPSA) is 20.3 Å². The Hall–Kier alpha value is -0.350. The number of benzene rings is 1. The van der Waals surface area contributed by atoms with E-state index in [2.05, 4.69) is 31.9 Å². The number of alkyl halides is 1. The lowest BCUT2D eigenvalue weighted by atomic mass is 10.2. The number of nitrogens with zero attached hydrogens (tertiary/aromatic N) is 1. The van der Waals surface area contributed by atoms with Crippen molar-refractivity contribution in [3.8, 4) is 0 Å². The third kappa shape index (κ3) is 2.26. The first kappa shape index (κ1) is 11.1. The maximum absolute atomic E-state index is 11.7. The maximum atomic E-state index is 11.7. The van der Waals surface area contributed by atoms with E-state index < -0.39 is 0 Å². The van der Waals surface area contributed by atoms with Gasteiger partial charge >= 0.3 is 0 Å². The standard InChI is InChI=1S/C11H11Br2NO/c1-7-4-8(12)2-3-10(7)14-6-9(13)5-11(14)15/h2-4,9H,5-6H2,1H3. The fraction of sp³-hybridized carbons (Fsp3) is 0.364. The van der Waals surface area contributed by atoms with Crippen LogP contribution in [-0.4, -0.2) is 17.3 Å². The Morgan fingerprint density at radius 2 is 2.20 bits per heavy atom. The molecule has 1 amide bonds. The summed E-state index contributed by atoms with van der Waals surface area (Å²) in [5, 5.41) is 0. The lowest BCUT2D eigenvalue weighted by molar-refractivity contribution is -0.117. The van der Waals surface area contributed by atoms with Crippen LogP contribution in [0.4, 0.5) is 5.69 Å². The zero-order valence-corrected chi connectivity index (χ0v) is 11.5. The highest BCUT2D eigenvalue weighted by molar-refractivity contribution is 9.10. The van der Waals surface area contributed by atoms with Gasteiger partial charge in [0.25, 0.3) is 0 Å². The van der Waals surface area contributed by atoms with Crippen LogP contribution in [-0.2, 0) is 4.79 Å². The molecule has 4 heteroatoms. The Balaban J connectivity index is 2.34. The number of hydrogen-bond donors (Lipinski definition) is 0. The van der Waals surface area contributed by atoms with Gasteiger partial charge in [-0.3, -0.25) is 4.79 Å². The highest BCUT2D eigenvalue weighted by Crippen LogP contribution is 2.29. The van der Waals surface area contributed by atoms with Gasteiger partial charge in [0.2, 0.25) is 5.91 Å². The fourth-order valence-corrected chi connectivity index (χ4v) is 2.86. The lowest BCUT2D eigenvalue weighted by Crippen LogP contribution is -2.25. The molecule has 1 aromatic rings. The van der Waals surface area contributed by atoms with E-state index in [4.69, 9.17) is 0 Å². The predicted molar refractivity (Wildman–Crippen MR) is 68.6 cm³/mol. The average Bonchev–Trinajstić information content (AvgIpc) is 2.45. The van der Waals surface area contributed by atoms with Crippen molar-refractivity contribution in [2.45, 2.75) is 18.2 Å². The molecule has 1 aliphatic heterocycles. The number of amides is 1. The summed E-state index contributed by atoms with van der Waals surface area (Å²) in [6, 6.07) is 5.99. The Kier molecular flexibility index (Phi) is 3.16. The molecule has 2 nitrogen and oxygen atoms in total. The van der Waals surface area contributed by atoms with E-state index >= 15 is 0 Å². The normalized spacial score (nSPS) is 21.1. The molecule has 2 rings (SSSR count). The van der Waals surface area contributed by atoms with Crippen molar-refractivity contribution in [1.29, 1.82) is 0 Å². The average molecular weight is 333 g/mol. The van der Waals surface area contributed by atoms with Gasteiger partial charge in [-0.25, -0.2) is 0 Å². The zero-order chi connectivity index (χ0) is 11.0. The van der Waals surface area contributed by atoms with Gasteiger partial charge in [-0.15, -0.1) is 0 Å². The highest BCUT2D eigenvalue weighted by Gasteiger charge is 2.29. The largest absolute Gasteiger partial charge is 0.311 e. The summed E-state index contributed by atoms with van der Waals surface area (Å²) < 4.78 is 1.05. The molecule has 1 aromatic carbocycles.